The van der Waals surface area contributed by atoms with Crippen LogP contribution in [0, 0.1) is 11.2 Å². The first-order valence-electron chi connectivity index (χ1n) is 10.2. The van der Waals surface area contributed by atoms with E-state index in [-0.39, 0.29) is 16.7 Å². The van der Waals surface area contributed by atoms with Gasteiger partial charge in [-0.2, -0.15) is 0 Å². The Morgan fingerprint density at radius 1 is 1.25 bits per heavy atom. The van der Waals surface area contributed by atoms with Gasteiger partial charge in [-0.1, -0.05) is 32.6 Å². The zero-order valence-electron chi connectivity index (χ0n) is 18.4. The molecule has 2 N–H and O–H groups in total. The highest BCUT2D eigenvalue weighted by atomic mass is 32.2. The van der Waals surface area contributed by atoms with Crippen molar-refractivity contribution in [3.8, 4) is 11.5 Å². The third-order valence-corrected chi connectivity index (χ3v) is 8.14. The van der Waals surface area contributed by atoms with Crippen molar-refractivity contribution in [2.24, 2.45) is 0 Å². The molecule has 0 aliphatic heterocycles. The summed E-state index contributed by atoms with van der Waals surface area (Å²) in [5, 5.41) is 9.52. The van der Waals surface area contributed by atoms with E-state index in [9.17, 15) is 8.42 Å². The molecule has 0 radical (unpaired) electrons. The van der Waals surface area contributed by atoms with Crippen LogP contribution in [-0.4, -0.2) is 39.8 Å². The first kappa shape index (κ1) is 24.2. The fourth-order valence-corrected chi connectivity index (χ4v) is 5.58. The smallest absolute Gasteiger partial charge is 0.235 e. The summed E-state index contributed by atoms with van der Waals surface area (Å²) < 4.78 is 52.7. The summed E-state index contributed by atoms with van der Waals surface area (Å²) in [7, 11) is 0.00183. The van der Waals surface area contributed by atoms with E-state index in [1.165, 1.54) is 20.3 Å². The summed E-state index contributed by atoms with van der Waals surface area (Å²) in [6.07, 6.45) is 2.49. The molecule has 1 atom stereocenters. The lowest BCUT2D eigenvalue weighted by Crippen LogP contribution is -2.17. The van der Waals surface area contributed by atoms with Crippen LogP contribution < -0.4 is 14.2 Å². The largest absolute Gasteiger partial charge is 0.493 e. The van der Waals surface area contributed by atoms with Gasteiger partial charge in [-0.15, -0.1) is 0 Å². The molecular weight excluding hydrogens is 450 g/mol. The Bertz CT molecular complexity index is 1130. The van der Waals surface area contributed by atoms with Gasteiger partial charge in [0.25, 0.3) is 0 Å². The standard InChI is InChI=1S/C23H28FN2O4PS/c1-14(2)31-12-11-18-19(24)13-20(29-3)23(30-4)21(18)22(25)15-5-7-16(8-6-15)26-32(27,28)17-9-10-17/h5-8,13,17,25-26,31H,1,9-12H2,2-4H3. The molecule has 0 saturated heterocycles. The van der Waals surface area contributed by atoms with Gasteiger partial charge in [0.15, 0.2) is 11.5 Å². The van der Waals surface area contributed by atoms with Gasteiger partial charge in [0, 0.05) is 22.9 Å². The summed E-state index contributed by atoms with van der Waals surface area (Å²) in [4.78, 5) is 0. The number of allylic oxidation sites excluding steroid dienone is 1. The summed E-state index contributed by atoms with van der Waals surface area (Å²) in [6.45, 7) is 5.84. The van der Waals surface area contributed by atoms with Crippen LogP contribution >= 0.6 is 8.58 Å². The van der Waals surface area contributed by atoms with E-state index in [0.29, 0.717) is 62.1 Å². The fraction of sp³-hybridized carbons (Fsp3) is 0.348. The maximum atomic E-state index is 15.0. The van der Waals surface area contributed by atoms with Gasteiger partial charge in [0.05, 0.1) is 30.7 Å². The van der Waals surface area contributed by atoms with Gasteiger partial charge in [-0.05, 0) is 44.5 Å². The van der Waals surface area contributed by atoms with Gasteiger partial charge in [-0.3, -0.25) is 10.1 Å². The summed E-state index contributed by atoms with van der Waals surface area (Å²) in [5.74, 6) is 0.0541. The van der Waals surface area contributed by atoms with Crippen LogP contribution in [0.2, 0.25) is 0 Å². The van der Waals surface area contributed by atoms with Crippen molar-refractivity contribution in [3.05, 3.63) is 64.7 Å². The predicted molar refractivity (Wildman–Crippen MR) is 129 cm³/mol. The van der Waals surface area contributed by atoms with Crippen LogP contribution in [0.3, 0.4) is 0 Å². The predicted octanol–water partition coefficient (Wildman–Crippen LogP) is 4.92. The Kier molecular flexibility index (Phi) is 7.57. The molecule has 3 rings (SSSR count). The molecular formula is C23H28FN2O4PS. The highest BCUT2D eigenvalue weighted by molar-refractivity contribution is 7.93. The lowest BCUT2D eigenvalue weighted by atomic mass is 9.94. The number of anilines is 1. The molecule has 32 heavy (non-hydrogen) atoms. The Hall–Kier alpha value is -2.44. The van der Waals surface area contributed by atoms with Crippen LogP contribution in [0.25, 0.3) is 0 Å². The number of sulfonamides is 1. The molecule has 6 nitrogen and oxygen atoms in total. The van der Waals surface area contributed by atoms with Crippen molar-refractivity contribution in [1.29, 1.82) is 5.41 Å². The Morgan fingerprint density at radius 2 is 1.91 bits per heavy atom. The molecule has 0 amide bonds. The first-order chi connectivity index (χ1) is 15.2. The second-order valence-electron chi connectivity index (χ2n) is 7.70. The number of methoxy groups -OCH3 is 2. The molecule has 9 heteroatoms. The molecule has 1 fully saturated rings. The topological polar surface area (TPSA) is 88.5 Å². The number of hydrogen-bond donors (Lipinski definition) is 2. The van der Waals surface area contributed by atoms with Crippen molar-refractivity contribution < 1.29 is 22.3 Å². The number of nitrogens with one attached hydrogen (secondary N) is 2. The number of benzene rings is 2. The second-order valence-corrected chi connectivity index (χ2v) is 11.4. The van der Waals surface area contributed by atoms with E-state index in [1.807, 2.05) is 6.92 Å². The number of halogens is 1. The van der Waals surface area contributed by atoms with Crippen LogP contribution in [0.15, 0.2) is 42.2 Å². The van der Waals surface area contributed by atoms with Crippen molar-refractivity contribution in [3.63, 3.8) is 0 Å². The van der Waals surface area contributed by atoms with E-state index in [4.69, 9.17) is 14.9 Å². The van der Waals surface area contributed by atoms with Gasteiger partial charge in [0.2, 0.25) is 10.0 Å². The van der Waals surface area contributed by atoms with Crippen LogP contribution in [0.5, 0.6) is 11.5 Å². The Labute approximate surface area is 190 Å². The maximum Gasteiger partial charge on any atom is 0.235 e. The quantitative estimate of drug-likeness (QED) is 0.355. The lowest BCUT2D eigenvalue weighted by Gasteiger charge is -2.19. The average molecular weight is 479 g/mol. The monoisotopic (exact) mass is 478 g/mol. The molecule has 1 aliphatic rings. The van der Waals surface area contributed by atoms with E-state index in [2.05, 4.69) is 11.3 Å². The zero-order valence-corrected chi connectivity index (χ0v) is 20.2. The minimum Gasteiger partial charge on any atom is -0.493 e. The van der Waals surface area contributed by atoms with E-state index >= 15 is 4.39 Å². The van der Waals surface area contributed by atoms with E-state index in [0.717, 1.165) is 5.31 Å². The highest BCUT2D eigenvalue weighted by Gasteiger charge is 2.35. The van der Waals surface area contributed by atoms with Gasteiger partial charge in [0.1, 0.15) is 5.82 Å². The lowest BCUT2D eigenvalue weighted by molar-refractivity contribution is 0.351. The summed E-state index contributed by atoms with van der Waals surface area (Å²) in [5.41, 5.74) is 1.74. The molecule has 0 bridgehead atoms. The SMILES string of the molecule is C=C(C)PCCc1c(F)cc(OC)c(OC)c1C(=N)c1ccc(NS(=O)(=O)C2CC2)cc1. The highest BCUT2D eigenvalue weighted by Crippen LogP contribution is 2.38. The summed E-state index contributed by atoms with van der Waals surface area (Å²) in [6, 6.07) is 7.78. The minimum atomic E-state index is -3.37. The van der Waals surface area contributed by atoms with Crippen molar-refractivity contribution >= 4 is 30.0 Å². The molecule has 0 spiro atoms. The molecule has 1 saturated carbocycles. The van der Waals surface area contributed by atoms with Crippen LogP contribution in [0.1, 0.15) is 36.5 Å². The Balaban J connectivity index is 1.96. The number of rotatable bonds is 11. The molecule has 0 heterocycles. The molecule has 0 aromatic heterocycles. The molecule has 2 aromatic rings. The van der Waals surface area contributed by atoms with E-state index < -0.39 is 15.8 Å². The number of hydrogen-bond acceptors (Lipinski definition) is 5. The number of ether oxygens (including phenoxy) is 2. The van der Waals surface area contributed by atoms with Gasteiger partial charge < -0.3 is 9.47 Å². The first-order valence-corrected chi connectivity index (χ1v) is 13.0. The molecule has 172 valence electrons. The zero-order chi connectivity index (χ0) is 23.5. The van der Waals surface area contributed by atoms with Crippen molar-refractivity contribution in [2.75, 3.05) is 25.1 Å². The third-order valence-electron chi connectivity index (χ3n) is 5.17. The van der Waals surface area contributed by atoms with Crippen molar-refractivity contribution in [1.82, 2.24) is 0 Å². The average Bonchev–Trinajstić information content (AvgIpc) is 3.60. The van der Waals surface area contributed by atoms with Crippen LogP contribution in [-0.2, 0) is 16.4 Å². The minimum absolute atomic E-state index is 0.0740. The maximum absolute atomic E-state index is 15.0. The Morgan fingerprint density at radius 3 is 2.44 bits per heavy atom. The summed E-state index contributed by atoms with van der Waals surface area (Å²) >= 11 is 0. The molecule has 1 aliphatic carbocycles. The normalized spacial score (nSPS) is 13.9. The van der Waals surface area contributed by atoms with E-state index in [1.54, 1.807) is 24.3 Å². The third kappa shape index (κ3) is 5.48. The second kappa shape index (κ2) is 10.0. The van der Waals surface area contributed by atoms with Crippen LogP contribution in [0.4, 0.5) is 10.1 Å². The molecule has 1 unspecified atom stereocenters. The van der Waals surface area contributed by atoms with Gasteiger partial charge >= 0.3 is 0 Å². The van der Waals surface area contributed by atoms with Crippen molar-refractivity contribution in [2.45, 2.75) is 31.4 Å². The molecule has 2 aromatic carbocycles. The fourth-order valence-electron chi connectivity index (χ4n) is 3.39. The van der Waals surface area contributed by atoms with Gasteiger partial charge in [-0.25, -0.2) is 12.8 Å².